The Balaban J connectivity index is 1.68. The average molecular weight is 507 g/mol. The summed E-state index contributed by atoms with van der Waals surface area (Å²) in [5.41, 5.74) is 4.64. The van der Waals surface area contributed by atoms with Gasteiger partial charge in [0, 0.05) is 0 Å². The molecule has 18 nitrogen and oxygen atoms in total. The van der Waals surface area contributed by atoms with Crippen molar-refractivity contribution in [1.82, 2.24) is 19.5 Å². The molecule has 3 heterocycles. The van der Waals surface area contributed by atoms with E-state index in [-0.39, 0.29) is 17.1 Å². The lowest BCUT2D eigenvalue weighted by molar-refractivity contribution is -0.0476. The summed E-state index contributed by atoms with van der Waals surface area (Å²) in [6, 6.07) is 0. The molecule has 174 valence electrons. The summed E-state index contributed by atoms with van der Waals surface area (Å²) in [4.78, 5) is 47.9. The molecule has 0 aromatic carbocycles. The SMILES string of the molecule is Nc1nc2c(ncn2[C@@H]2O[C@H](CO[PH](=O)OP(=O)(O)OP(=O)(O)O)[C@@H](O)[C@H]2O)c(=O)[nH]1. The number of imidazole rings is 1. The van der Waals surface area contributed by atoms with E-state index >= 15 is 0 Å². The number of rotatable bonds is 8. The van der Waals surface area contributed by atoms with Crippen LogP contribution in [0.25, 0.3) is 11.2 Å². The van der Waals surface area contributed by atoms with Gasteiger partial charge in [0.1, 0.15) is 18.3 Å². The van der Waals surface area contributed by atoms with E-state index in [4.69, 9.17) is 25.2 Å². The number of aliphatic hydroxyl groups is 2. The molecule has 0 saturated carbocycles. The fourth-order valence-corrected chi connectivity index (χ4v) is 5.42. The Hall–Kier alpha value is -1.52. The lowest BCUT2D eigenvalue weighted by Crippen LogP contribution is -2.33. The van der Waals surface area contributed by atoms with Gasteiger partial charge in [-0.3, -0.25) is 18.9 Å². The van der Waals surface area contributed by atoms with Crippen molar-refractivity contribution in [1.29, 1.82) is 0 Å². The van der Waals surface area contributed by atoms with Crippen LogP contribution in [0, 0.1) is 0 Å². The number of nitrogens with two attached hydrogens (primary N) is 1. The van der Waals surface area contributed by atoms with Gasteiger partial charge < -0.3 is 39.9 Å². The number of hydrogen-bond donors (Lipinski definition) is 7. The lowest BCUT2D eigenvalue weighted by atomic mass is 10.1. The lowest BCUT2D eigenvalue weighted by Gasteiger charge is -2.16. The van der Waals surface area contributed by atoms with E-state index < -0.39 is 60.6 Å². The third-order valence-electron chi connectivity index (χ3n) is 3.83. The number of nitrogens with one attached hydrogen (secondary N) is 1. The quantitative estimate of drug-likeness (QED) is 0.189. The van der Waals surface area contributed by atoms with Crippen molar-refractivity contribution in [3.05, 3.63) is 16.7 Å². The van der Waals surface area contributed by atoms with Gasteiger partial charge in [-0.15, -0.1) is 0 Å². The van der Waals surface area contributed by atoms with Crippen LogP contribution >= 0.6 is 23.9 Å². The molecule has 21 heteroatoms. The number of aliphatic hydroxyl groups excluding tert-OH is 2. The first-order chi connectivity index (χ1) is 14.3. The van der Waals surface area contributed by atoms with Crippen molar-refractivity contribution >= 4 is 41.0 Å². The van der Waals surface area contributed by atoms with Crippen LogP contribution < -0.4 is 11.3 Å². The molecule has 31 heavy (non-hydrogen) atoms. The first-order valence-electron chi connectivity index (χ1n) is 7.97. The Morgan fingerprint density at radius 2 is 1.97 bits per heavy atom. The van der Waals surface area contributed by atoms with Gasteiger partial charge in [-0.05, 0) is 0 Å². The average Bonchev–Trinajstić information content (AvgIpc) is 3.13. The minimum atomic E-state index is -5.43. The van der Waals surface area contributed by atoms with Gasteiger partial charge in [0.2, 0.25) is 5.95 Å². The molecule has 2 aromatic heterocycles. The Kier molecular flexibility index (Phi) is 6.84. The molecule has 0 bridgehead atoms. The van der Waals surface area contributed by atoms with E-state index in [9.17, 15) is 28.7 Å². The molecule has 1 fully saturated rings. The van der Waals surface area contributed by atoms with Crippen molar-refractivity contribution in [2.75, 3.05) is 12.3 Å². The zero-order valence-electron chi connectivity index (χ0n) is 14.9. The zero-order valence-corrected chi connectivity index (χ0v) is 17.7. The maximum absolute atomic E-state index is 11.8. The molecule has 1 aliphatic heterocycles. The van der Waals surface area contributed by atoms with Crippen LogP contribution in [0.1, 0.15) is 6.23 Å². The molecule has 6 atom stereocenters. The van der Waals surface area contributed by atoms with Gasteiger partial charge in [0.15, 0.2) is 17.4 Å². The Labute approximate surface area is 171 Å². The maximum atomic E-state index is 11.8. The minimum Gasteiger partial charge on any atom is -0.387 e. The van der Waals surface area contributed by atoms with Crippen molar-refractivity contribution < 1.29 is 56.5 Å². The van der Waals surface area contributed by atoms with Gasteiger partial charge in [0.05, 0.1) is 12.9 Å². The van der Waals surface area contributed by atoms with Gasteiger partial charge in [-0.25, -0.2) is 18.4 Å². The molecule has 2 aromatic rings. The number of anilines is 1. The Morgan fingerprint density at radius 3 is 2.61 bits per heavy atom. The molecular weight excluding hydrogens is 491 g/mol. The highest BCUT2D eigenvalue weighted by atomic mass is 31.3. The van der Waals surface area contributed by atoms with Crippen LogP contribution in [0.5, 0.6) is 0 Å². The fraction of sp³-hybridized carbons (Fsp3) is 0.500. The van der Waals surface area contributed by atoms with Gasteiger partial charge in [-0.2, -0.15) is 9.29 Å². The molecule has 0 radical (unpaired) electrons. The van der Waals surface area contributed by atoms with Crippen LogP contribution in [0.15, 0.2) is 11.1 Å². The summed E-state index contributed by atoms with van der Waals surface area (Å²) in [6.07, 6.45) is -4.80. The number of aromatic amines is 1. The number of H-pyrrole nitrogens is 1. The largest absolute Gasteiger partial charge is 0.488 e. The summed E-state index contributed by atoms with van der Waals surface area (Å²) in [6.45, 7) is -0.745. The highest BCUT2D eigenvalue weighted by molar-refractivity contribution is 7.64. The second-order valence-electron chi connectivity index (χ2n) is 6.01. The van der Waals surface area contributed by atoms with Crippen LogP contribution in [-0.2, 0) is 31.6 Å². The van der Waals surface area contributed by atoms with E-state index in [1.807, 2.05) is 0 Å². The number of ether oxygens (including phenoxy) is 1. The Morgan fingerprint density at radius 1 is 1.29 bits per heavy atom. The number of hydrogen-bond acceptors (Lipinski definition) is 13. The second kappa shape index (κ2) is 8.78. The second-order valence-corrected chi connectivity index (χ2v) is 10.1. The molecule has 1 aliphatic rings. The monoisotopic (exact) mass is 507 g/mol. The topological polar surface area (TPSA) is 279 Å². The standard InChI is InChI=1S/C10H16N5O13P3/c11-10-13-7-4(8(18)14-10)12-2-15(7)9-6(17)5(16)3(26-9)1-25-29(19)27-31(23,24)28-30(20,21)22/h2-3,5-6,9,16-17,29H,1H2,(H,23,24)(H2,20,21,22)(H3,11,13,14,18)/t3-,5-,6-,9-/m1/s1. The summed E-state index contributed by atoms with van der Waals surface area (Å²) in [5.74, 6) is -0.242. The van der Waals surface area contributed by atoms with E-state index in [1.54, 1.807) is 0 Å². The van der Waals surface area contributed by atoms with E-state index in [1.165, 1.54) is 0 Å². The molecule has 0 amide bonds. The number of nitrogen functional groups attached to an aromatic ring is 1. The summed E-state index contributed by atoms with van der Waals surface area (Å²) in [7, 11) is -14.7. The summed E-state index contributed by atoms with van der Waals surface area (Å²) in [5, 5.41) is 20.4. The zero-order chi connectivity index (χ0) is 23.1. The first kappa shape index (κ1) is 24.1. The number of aromatic nitrogens is 4. The highest BCUT2D eigenvalue weighted by Crippen LogP contribution is 2.61. The molecule has 2 unspecified atom stereocenters. The predicted molar refractivity (Wildman–Crippen MR) is 97.5 cm³/mol. The van der Waals surface area contributed by atoms with E-state index in [2.05, 4.69) is 28.1 Å². The van der Waals surface area contributed by atoms with Crippen LogP contribution in [0.3, 0.4) is 0 Å². The maximum Gasteiger partial charge on any atom is 0.488 e. The number of phosphoric acid groups is 2. The first-order valence-corrected chi connectivity index (χ1v) is 12.2. The predicted octanol–water partition coefficient (Wildman–Crippen LogP) is -2.05. The normalized spacial score (nSPS) is 27.4. The molecular formula is C10H16N5O13P3. The van der Waals surface area contributed by atoms with E-state index in [0.717, 1.165) is 10.9 Å². The number of nitrogens with zero attached hydrogens (tertiary/aromatic N) is 3. The highest BCUT2D eigenvalue weighted by Gasteiger charge is 2.45. The molecule has 8 N–H and O–H groups in total. The van der Waals surface area contributed by atoms with Crippen molar-refractivity contribution in [3.63, 3.8) is 0 Å². The van der Waals surface area contributed by atoms with Crippen molar-refractivity contribution in [2.24, 2.45) is 0 Å². The Bertz CT molecular complexity index is 1140. The van der Waals surface area contributed by atoms with Gasteiger partial charge >= 0.3 is 23.9 Å². The summed E-state index contributed by atoms with van der Waals surface area (Å²) < 4.78 is 52.1. The van der Waals surface area contributed by atoms with Crippen LogP contribution in [-0.4, -0.2) is 69.3 Å². The number of fused-ring (bicyclic) bond motifs is 1. The van der Waals surface area contributed by atoms with Crippen molar-refractivity contribution in [3.8, 4) is 0 Å². The van der Waals surface area contributed by atoms with Gasteiger partial charge in [-0.1, -0.05) is 0 Å². The van der Waals surface area contributed by atoms with Crippen molar-refractivity contribution in [2.45, 2.75) is 24.5 Å². The van der Waals surface area contributed by atoms with Gasteiger partial charge in [0.25, 0.3) is 5.56 Å². The third kappa shape index (κ3) is 5.64. The molecule has 1 saturated heterocycles. The minimum absolute atomic E-state index is 0.0632. The molecule has 3 rings (SSSR count). The fourth-order valence-electron chi connectivity index (χ4n) is 2.65. The third-order valence-corrected chi connectivity index (χ3v) is 7.42. The van der Waals surface area contributed by atoms with Crippen LogP contribution in [0.2, 0.25) is 0 Å². The smallest absolute Gasteiger partial charge is 0.387 e. The van der Waals surface area contributed by atoms with E-state index in [0.29, 0.717) is 0 Å². The summed E-state index contributed by atoms with van der Waals surface area (Å²) >= 11 is 0. The molecule has 0 aliphatic carbocycles. The van der Waals surface area contributed by atoms with Crippen LogP contribution in [0.4, 0.5) is 5.95 Å². The molecule has 0 spiro atoms.